The number of carbonyl (C=O) groups is 1. The molecule has 0 radical (unpaired) electrons. The highest BCUT2D eigenvalue weighted by Gasteiger charge is 2.35. The molecule has 4 nitrogen and oxygen atoms in total. The summed E-state index contributed by atoms with van der Waals surface area (Å²) in [5.74, 6) is 0.138. The van der Waals surface area contributed by atoms with Gasteiger partial charge in [-0.05, 0) is 71.0 Å². The molecule has 5 heteroatoms. The number of rotatable bonds is 8. The number of halogens is 1. The van der Waals surface area contributed by atoms with Crippen LogP contribution in [0.1, 0.15) is 87.8 Å². The van der Waals surface area contributed by atoms with E-state index in [-0.39, 0.29) is 17.7 Å². The lowest BCUT2D eigenvalue weighted by Crippen LogP contribution is -2.26. The molecule has 1 atom stereocenters. The normalized spacial score (nSPS) is 17.0. The Morgan fingerprint density at radius 1 is 0.900 bits per heavy atom. The standard InChI is InChI=1S/C23H29FO2.C9H10O2.C3H6/c1-23(2)12-6-5-7-21(23)19-13-16(15-25-3)8-10-18(19)20-14-17(26-4)9-11-22(20)24;10-9(11)7-6-8-4-2-1-3-5-8;1-2-3-1/h8-11,13-14,21H,5-7,12,15H2,1-4H3;1-5H,6-7H2,(H,10,11);1-3H2. The van der Waals surface area contributed by atoms with E-state index in [2.05, 4.69) is 19.9 Å². The highest BCUT2D eigenvalue weighted by atomic mass is 19.1. The molecular formula is C35H45FO4. The first-order valence-corrected chi connectivity index (χ1v) is 14.5. The van der Waals surface area contributed by atoms with Crippen LogP contribution in [0, 0.1) is 11.2 Å². The van der Waals surface area contributed by atoms with Crippen LogP contribution in [-0.4, -0.2) is 25.3 Å². The molecule has 3 aromatic carbocycles. The third-order valence-electron chi connectivity index (χ3n) is 7.60. The zero-order chi connectivity index (χ0) is 29.0. The third-order valence-corrected chi connectivity index (χ3v) is 7.60. The van der Waals surface area contributed by atoms with Crippen LogP contribution in [0.5, 0.6) is 5.75 Å². The fourth-order valence-electron chi connectivity index (χ4n) is 5.21. The number of carboxylic acids is 1. The van der Waals surface area contributed by atoms with E-state index < -0.39 is 5.97 Å². The Balaban J connectivity index is 0.000000258. The average molecular weight is 549 g/mol. The summed E-state index contributed by atoms with van der Waals surface area (Å²) >= 11 is 0. The third kappa shape index (κ3) is 9.78. The molecule has 3 aromatic rings. The van der Waals surface area contributed by atoms with Crippen LogP contribution in [0.25, 0.3) is 11.1 Å². The van der Waals surface area contributed by atoms with Gasteiger partial charge >= 0.3 is 5.97 Å². The Hall–Kier alpha value is -3.18. The zero-order valence-corrected chi connectivity index (χ0v) is 24.5. The van der Waals surface area contributed by atoms with Crippen molar-refractivity contribution in [2.24, 2.45) is 5.41 Å². The summed E-state index contributed by atoms with van der Waals surface area (Å²) in [4.78, 5) is 10.2. The second-order valence-corrected chi connectivity index (χ2v) is 11.4. The maximum absolute atomic E-state index is 14.7. The van der Waals surface area contributed by atoms with Gasteiger partial charge in [0.15, 0.2) is 0 Å². The molecular weight excluding hydrogens is 503 g/mol. The lowest BCUT2D eigenvalue weighted by molar-refractivity contribution is -0.136. The Morgan fingerprint density at radius 2 is 1.62 bits per heavy atom. The first-order chi connectivity index (χ1) is 19.2. The summed E-state index contributed by atoms with van der Waals surface area (Å²) in [5, 5.41) is 8.37. The van der Waals surface area contributed by atoms with Crippen LogP contribution in [-0.2, 0) is 22.6 Å². The molecule has 1 unspecified atom stereocenters. The smallest absolute Gasteiger partial charge is 0.303 e. The first kappa shape index (κ1) is 31.3. The van der Waals surface area contributed by atoms with Crippen molar-refractivity contribution in [1.82, 2.24) is 0 Å². The molecule has 0 bridgehead atoms. The highest BCUT2D eigenvalue weighted by molar-refractivity contribution is 5.71. The lowest BCUT2D eigenvalue weighted by atomic mass is 9.65. The fourth-order valence-corrected chi connectivity index (χ4v) is 5.21. The molecule has 0 aromatic heterocycles. The van der Waals surface area contributed by atoms with Crippen LogP contribution in [0.2, 0.25) is 0 Å². The van der Waals surface area contributed by atoms with E-state index >= 15 is 0 Å². The largest absolute Gasteiger partial charge is 0.497 e. The molecule has 216 valence electrons. The van der Waals surface area contributed by atoms with Crippen molar-refractivity contribution in [3.05, 3.63) is 89.2 Å². The number of hydrogen-bond donors (Lipinski definition) is 1. The summed E-state index contributed by atoms with van der Waals surface area (Å²) in [6, 6.07) is 20.9. The molecule has 0 saturated heterocycles. The minimum absolute atomic E-state index is 0.202. The highest BCUT2D eigenvalue weighted by Crippen LogP contribution is 2.49. The van der Waals surface area contributed by atoms with Crippen molar-refractivity contribution in [2.45, 2.75) is 84.2 Å². The zero-order valence-electron chi connectivity index (χ0n) is 24.5. The van der Waals surface area contributed by atoms with Gasteiger partial charge in [0.05, 0.1) is 13.7 Å². The second-order valence-electron chi connectivity index (χ2n) is 11.4. The molecule has 2 fully saturated rings. The monoisotopic (exact) mass is 548 g/mol. The molecule has 2 aliphatic carbocycles. The maximum atomic E-state index is 14.7. The van der Waals surface area contributed by atoms with Gasteiger partial charge in [-0.1, -0.05) is 94.5 Å². The number of hydrogen-bond acceptors (Lipinski definition) is 3. The number of benzene rings is 3. The molecule has 0 amide bonds. The van der Waals surface area contributed by atoms with Gasteiger partial charge in [-0.3, -0.25) is 4.79 Å². The van der Waals surface area contributed by atoms with Crippen LogP contribution >= 0.6 is 0 Å². The molecule has 0 heterocycles. The maximum Gasteiger partial charge on any atom is 0.303 e. The minimum atomic E-state index is -0.742. The predicted octanol–water partition coefficient (Wildman–Crippen LogP) is 9.21. The van der Waals surface area contributed by atoms with Crippen molar-refractivity contribution < 1.29 is 23.8 Å². The molecule has 2 saturated carbocycles. The van der Waals surface area contributed by atoms with Gasteiger partial charge in [-0.25, -0.2) is 4.39 Å². The molecule has 40 heavy (non-hydrogen) atoms. The van der Waals surface area contributed by atoms with Gasteiger partial charge in [0.25, 0.3) is 0 Å². The van der Waals surface area contributed by atoms with Crippen LogP contribution in [0.3, 0.4) is 0 Å². The van der Waals surface area contributed by atoms with E-state index in [9.17, 15) is 9.18 Å². The summed E-state index contributed by atoms with van der Waals surface area (Å²) in [6.45, 7) is 5.25. The Morgan fingerprint density at radius 3 is 2.23 bits per heavy atom. The first-order valence-electron chi connectivity index (χ1n) is 14.5. The SMILES string of the molecule is C1CC1.COCc1ccc(-c2cc(OC)ccc2F)c(C2CCCCC2(C)C)c1.O=C(O)CCc1ccccc1. The van der Waals surface area contributed by atoms with Crippen LogP contribution < -0.4 is 4.74 Å². The van der Waals surface area contributed by atoms with E-state index in [0.717, 1.165) is 23.1 Å². The van der Waals surface area contributed by atoms with Gasteiger partial charge in [0.2, 0.25) is 0 Å². The predicted molar refractivity (Wildman–Crippen MR) is 160 cm³/mol. The van der Waals surface area contributed by atoms with E-state index in [0.29, 0.717) is 30.3 Å². The summed E-state index contributed by atoms with van der Waals surface area (Å²) in [6.07, 6.45) is 10.2. The number of methoxy groups -OCH3 is 2. The van der Waals surface area contributed by atoms with E-state index in [1.807, 2.05) is 42.5 Å². The van der Waals surface area contributed by atoms with E-state index in [1.54, 1.807) is 26.4 Å². The van der Waals surface area contributed by atoms with Gasteiger partial charge in [-0.2, -0.15) is 0 Å². The lowest BCUT2D eigenvalue weighted by Gasteiger charge is -2.40. The number of aliphatic carboxylic acids is 1. The number of ether oxygens (including phenoxy) is 2. The Labute approximate surface area is 239 Å². The second kappa shape index (κ2) is 15.6. The van der Waals surface area contributed by atoms with Crippen molar-refractivity contribution in [3.63, 3.8) is 0 Å². The summed E-state index contributed by atoms with van der Waals surface area (Å²) in [5.41, 5.74) is 5.24. The van der Waals surface area contributed by atoms with Crippen molar-refractivity contribution in [1.29, 1.82) is 0 Å². The number of carboxylic acid groups (broad SMARTS) is 1. The fraction of sp³-hybridized carbons (Fsp3) is 0.457. The topological polar surface area (TPSA) is 55.8 Å². The Kier molecular flexibility index (Phi) is 12.2. The molecule has 0 aliphatic heterocycles. The summed E-state index contributed by atoms with van der Waals surface area (Å²) < 4.78 is 25.4. The minimum Gasteiger partial charge on any atom is -0.497 e. The Bertz CT molecular complexity index is 1200. The van der Waals surface area contributed by atoms with Crippen molar-refractivity contribution in [2.75, 3.05) is 14.2 Å². The quantitative estimate of drug-likeness (QED) is 0.305. The molecule has 1 N–H and O–H groups in total. The molecule has 0 spiro atoms. The molecule has 2 aliphatic rings. The van der Waals surface area contributed by atoms with Crippen molar-refractivity contribution >= 4 is 5.97 Å². The van der Waals surface area contributed by atoms with Gasteiger partial charge in [-0.15, -0.1) is 0 Å². The van der Waals surface area contributed by atoms with E-state index in [4.69, 9.17) is 14.6 Å². The number of aryl methyl sites for hydroxylation is 1. The average Bonchev–Trinajstić information content (AvgIpc) is 3.83. The van der Waals surface area contributed by atoms with Crippen molar-refractivity contribution in [3.8, 4) is 16.9 Å². The van der Waals surface area contributed by atoms with Gasteiger partial charge in [0.1, 0.15) is 11.6 Å². The van der Waals surface area contributed by atoms with E-state index in [1.165, 1.54) is 50.2 Å². The molecule has 5 rings (SSSR count). The van der Waals surface area contributed by atoms with Gasteiger partial charge < -0.3 is 14.6 Å². The summed E-state index contributed by atoms with van der Waals surface area (Å²) in [7, 11) is 3.32. The van der Waals surface area contributed by atoms with Crippen LogP contribution in [0.15, 0.2) is 66.7 Å². The van der Waals surface area contributed by atoms with Gasteiger partial charge in [0, 0.05) is 19.1 Å². The van der Waals surface area contributed by atoms with Crippen LogP contribution in [0.4, 0.5) is 4.39 Å².